The highest BCUT2D eigenvalue weighted by Crippen LogP contribution is 2.18. The number of rotatable bonds is 6. The molecule has 7 heteroatoms. The van der Waals surface area contributed by atoms with Gasteiger partial charge in [0.1, 0.15) is 6.04 Å². The lowest BCUT2D eigenvalue weighted by Crippen LogP contribution is -2.41. The van der Waals surface area contributed by atoms with Crippen molar-refractivity contribution in [3.63, 3.8) is 0 Å². The largest absolute Gasteiger partial charge is 0.350 e. The van der Waals surface area contributed by atoms with Crippen molar-refractivity contribution in [3.8, 4) is 0 Å². The molecule has 0 heterocycles. The summed E-state index contributed by atoms with van der Waals surface area (Å²) >= 11 is 0. The third kappa shape index (κ3) is 5.89. The van der Waals surface area contributed by atoms with Gasteiger partial charge in [-0.1, -0.05) is 48.0 Å². The number of amides is 1. The third-order valence-corrected chi connectivity index (χ3v) is 5.73. The quantitative estimate of drug-likeness (QED) is 0.706. The standard InChI is InChI=1S/C20H27N3O3S/c1-14-9-11-15(12-10-14)18(21)19(24)22-13-16-7-5-6-8-17(16)27(25,26)23-20(2,3)4/h5-12,18,23H,13,21H2,1-4H3,(H,22,24). The van der Waals surface area contributed by atoms with Crippen LogP contribution in [0.2, 0.25) is 0 Å². The molecule has 27 heavy (non-hydrogen) atoms. The molecule has 0 saturated heterocycles. The Labute approximate surface area is 161 Å². The molecule has 6 nitrogen and oxygen atoms in total. The molecule has 4 N–H and O–H groups in total. The van der Waals surface area contributed by atoms with Crippen molar-refractivity contribution in [2.75, 3.05) is 0 Å². The van der Waals surface area contributed by atoms with E-state index in [0.717, 1.165) is 5.56 Å². The van der Waals surface area contributed by atoms with Crippen LogP contribution in [0.5, 0.6) is 0 Å². The van der Waals surface area contributed by atoms with Gasteiger partial charge in [-0.25, -0.2) is 13.1 Å². The van der Waals surface area contributed by atoms with E-state index < -0.39 is 21.6 Å². The van der Waals surface area contributed by atoms with Crippen molar-refractivity contribution < 1.29 is 13.2 Å². The van der Waals surface area contributed by atoms with Gasteiger partial charge in [0.25, 0.3) is 0 Å². The molecule has 0 aliphatic rings. The fraction of sp³-hybridized carbons (Fsp3) is 0.350. The SMILES string of the molecule is Cc1ccc(C(N)C(=O)NCc2ccccc2S(=O)(=O)NC(C)(C)C)cc1. The van der Waals surface area contributed by atoms with Crippen LogP contribution in [0.25, 0.3) is 0 Å². The maximum absolute atomic E-state index is 12.7. The number of carbonyl (C=O) groups excluding carboxylic acids is 1. The van der Waals surface area contributed by atoms with E-state index in [9.17, 15) is 13.2 Å². The summed E-state index contributed by atoms with van der Waals surface area (Å²) in [6.07, 6.45) is 0. The predicted molar refractivity (Wildman–Crippen MR) is 106 cm³/mol. The second-order valence-electron chi connectivity index (χ2n) is 7.57. The number of nitrogens with two attached hydrogens (primary N) is 1. The van der Waals surface area contributed by atoms with E-state index in [1.807, 2.05) is 31.2 Å². The topological polar surface area (TPSA) is 101 Å². The van der Waals surface area contributed by atoms with Crippen molar-refractivity contribution in [2.45, 2.75) is 50.7 Å². The van der Waals surface area contributed by atoms with Crippen LogP contribution in [0.4, 0.5) is 0 Å². The first-order valence-electron chi connectivity index (χ1n) is 8.71. The molecule has 0 spiro atoms. The molecule has 2 aromatic rings. The maximum Gasteiger partial charge on any atom is 0.241 e. The van der Waals surface area contributed by atoms with E-state index in [2.05, 4.69) is 10.0 Å². The number of benzene rings is 2. The molecule has 2 rings (SSSR count). The summed E-state index contributed by atoms with van der Waals surface area (Å²) in [5.41, 5.74) is 7.69. The molecule has 0 saturated carbocycles. The second-order valence-corrected chi connectivity index (χ2v) is 9.22. The van der Waals surface area contributed by atoms with Gasteiger partial charge in [-0.3, -0.25) is 4.79 Å². The van der Waals surface area contributed by atoms with Crippen LogP contribution >= 0.6 is 0 Å². The molecule has 0 aliphatic heterocycles. The van der Waals surface area contributed by atoms with Gasteiger partial charge in [0.15, 0.2) is 0 Å². The number of hydrogen-bond acceptors (Lipinski definition) is 4. The van der Waals surface area contributed by atoms with Crippen LogP contribution in [0.3, 0.4) is 0 Å². The van der Waals surface area contributed by atoms with Crippen LogP contribution in [0.15, 0.2) is 53.4 Å². The Morgan fingerprint density at radius 1 is 1.07 bits per heavy atom. The Hall–Kier alpha value is -2.22. The fourth-order valence-corrected chi connectivity index (χ4v) is 4.25. The van der Waals surface area contributed by atoms with E-state index in [1.165, 1.54) is 6.07 Å². The molecule has 1 unspecified atom stereocenters. The lowest BCUT2D eigenvalue weighted by Gasteiger charge is -2.22. The summed E-state index contributed by atoms with van der Waals surface area (Å²) in [7, 11) is -3.71. The first-order valence-corrected chi connectivity index (χ1v) is 10.2. The predicted octanol–water partition coefficient (Wildman–Crippen LogP) is 2.39. The Balaban J connectivity index is 2.14. The average Bonchev–Trinajstić information content (AvgIpc) is 2.58. The van der Waals surface area contributed by atoms with Crippen molar-refractivity contribution in [1.29, 1.82) is 0 Å². The minimum Gasteiger partial charge on any atom is -0.350 e. The summed E-state index contributed by atoms with van der Waals surface area (Å²) in [5, 5.41) is 2.73. The number of sulfonamides is 1. The van der Waals surface area contributed by atoms with Crippen molar-refractivity contribution in [2.24, 2.45) is 5.73 Å². The highest BCUT2D eigenvalue weighted by atomic mass is 32.2. The normalized spacial score (nSPS) is 13.2. The van der Waals surface area contributed by atoms with Gasteiger partial charge in [-0.15, -0.1) is 0 Å². The monoisotopic (exact) mass is 389 g/mol. The van der Waals surface area contributed by atoms with Crippen molar-refractivity contribution in [1.82, 2.24) is 10.0 Å². The molecular weight excluding hydrogens is 362 g/mol. The number of hydrogen-bond donors (Lipinski definition) is 3. The van der Waals surface area contributed by atoms with Crippen LogP contribution < -0.4 is 15.8 Å². The molecular formula is C20H27N3O3S. The Morgan fingerprint density at radius 2 is 1.67 bits per heavy atom. The van der Waals surface area contributed by atoms with Crippen LogP contribution in [-0.4, -0.2) is 19.9 Å². The lowest BCUT2D eigenvalue weighted by atomic mass is 10.1. The molecule has 146 valence electrons. The van der Waals surface area contributed by atoms with Crippen LogP contribution in [0.1, 0.15) is 43.5 Å². The van der Waals surface area contributed by atoms with E-state index >= 15 is 0 Å². The molecule has 0 radical (unpaired) electrons. The minimum absolute atomic E-state index is 0.0691. The highest BCUT2D eigenvalue weighted by Gasteiger charge is 2.24. The zero-order chi connectivity index (χ0) is 20.2. The zero-order valence-corrected chi connectivity index (χ0v) is 16.9. The van der Waals surface area contributed by atoms with Gasteiger partial charge in [0.05, 0.1) is 4.90 Å². The van der Waals surface area contributed by atoms with Gasteiger partial charge in [-0.05, 0) is 44.9 Å². The molecule has 2 aromatic carbocycles. The summed E-state index contributed by atoms with van der Waals surface area (Å²) in [6.45, 7) is 7.35. The Morgan fingerprint density at radius 3 is 2.26 bits per heavy atom. The van der Waals surface area contributed by atoms with Gasteiger partial charge >= 0.3 is 0 Å². The Kier molecular flexibility index (Phi) is 6.41. The first-order chi connectivity index (χ1) is 12.5. The smallest absolute Gasteiger partial charge is 0.241 e. The molecule has 0 aromatic heterocycles. The molecule has 0 bridgehead atoms. The summed E-state index contributed by atoms with van der Waals surface area (Å²) < 4.78 is 27.9. The zero-order valence-electron chi connectivity index (χ0n) is 16.1. The summed E-state index contributed by atoms with van der Waals surface area (Å²) in [6, 6.07) is 13.2. The summed E-state index contributed by atoms with van der Waals surface area (Å²) in [5.74, 6) is -0.366. The van der Waals surface area contributed by atoms with Gasteiger partial charge in [0.2, 0.25) is 15.9 Å². The lowest BCUT2D eigenvalue weighted by molar-refractivity contribution is -0.122. The van der Waals surface area contributed by atoms with Gasteiger partial charge < -0.3 is 11.1 Å². The number of carbonyl (C=O) groups is 1. The minimum atomic E-state index is -3.71. The second kappa shape index (κ2) is 8.21. The molecule has 0 fully saturated rings. The average molecular weight is 390 g/mol. The van der Waals surface area contributed by atoms with E-state index in [-0.39, 0.29) is 17.3 Å². The third-order valence-electron chi connectivity index (χ3n) is 3.87. The first kappa shape index (κ1) is 21.1. The summed E-state index contributed by atoms with van der Waals surface area (Å²) in [4.78, 5) is 12.5. The Bertz CT molecular complexity index is 901. The van der Waals surface area contributed by atoms with Crippen LogP contribution in [0, 0.1) is 6.92 Å². The molecule has 1 amide bonds. The van der Waals surface area contributed by atoms with Crippen molar-refractivity contribution in [3.05, 3.63) is 65.2 Å². The van der Waals surface area contributed by atoms with E-state index in [1.54, 1.807) is 39.0 Å². The maximum atomic E-state index is 12.7. The fourth-order valence-electron chi connectivity index (χ4n) is 2.59. The van der Waals surface area contributed by atoms with Gasteiger partial charge in [0, 0.05) is 12.1 Å². The van der Waals surface area contributed by atoms with Gasteiger partial charge in [-0.2, -0.15) is 0 Å². The van der Waals surface area contributed by atoms with Crippen molar-refractivity contribution >= 4 is 15.9 Å². The molecule has 1 atom stereocenters. The van der Waals surface area contributed by atoms with E-state index in [0.29, 0.717) is 11.1 Å². The number of aryl methyl sites for hydroxylation is 1. The number of nitrogens with one attached hydrogen (secondary N) is 2. The van der Waals surface area contributed by atoms with E-state index in [4.69, 9.17) is 5.73 Å². The van der Waals surface area contributed by atoms with Crippen LogP contribution in [-0.2, 0) is 21.4 Å². The highest BCUT2D eigenvalue weighted by molar-refractivity contribution is 7.89. The molecule has 0 aliphatic carbocycles.